The highest BCUT2D eigenvalue weighted by atomic mass is 35.5. The van der Waals surface area contributed by atoms with Crippen molar-refractivity contribution in [1.29, 1.82) is 0 Å². The van der Waals surface area contributed by atoms with Crippen LogP contribution >= 0.6 is 11.6 Å². The zero-order chi connectivity index (χ0) is 20.1. The summed E-state index contributed by atoms with van der Waals surface area (Å²) in [7, 11) is 0. The Bertz CT molecular complexity index is 865. The Morgan fingerprint density at radius 3 is 2.50 bits per heavy atom. The second kappa shape index (κ2) is 9.35. The van der Waals surface area contributed by atoms with Gasteiger partial charge in [-0.2, -0.15) is 0 Å². The van der Waals surface area contributed by atoms with E-state index in [2.05, 4.69) is 6.58 Å². The maximum absolute atomic E-state index is 14.4. The quantitative estimate of drug-likeness (QED) is 0.498. The first kappa shape index (κ1) is 20.6. The summed E-state index contributed by atoms with van der Waals surface area (Å²) >= 11 is 5.96. The molecule has 148 valence electrons. The second-order valence-electron chi connectivity index (χ2n) is 7.03. The second-order valence-corrected chi connectivity index (χ2v) is 7.46. The fourth-order valence-corrected chi connectivity index (χ4v) is 3.30. The van der Waals surface area contributed by atoms with Crippen molar-refractivity contribution < 1.29 is 18.3 Å². The molecular weight excluding hydrogens is 382 g/mol. The average Bonchev–Trinajstić information content (AvgIpc) is 2.67. The third-order valence-electron chi connectivity index (χ3n) is 4.68. The van der Waals surface area contributed by atoms with E-state index in [9.17, 15) is 8.78 Å². The molecule has 5 heteroatoms. The van der Waals surface area contributed by atoms with E-state index in [1.54, 1.807) is 0 Å². The van der Waals surface area contributed by atoms with Crippen LogP contribution in [0, 0.1) is 11.6 Å². The summed E-state index contributed by atoms with van der Waals surface area (Å²) < 4.78 is 39.9. The molecule has 0 N–H and O–H groups in total. The third kappa shape index (κ3) is 5.21. The highest BCUT2D eigenvalue weighted by molar-refractivity contribution is 6.30. The van der Waals surface area contributed by atoms with Crippen molar-refractivity contribution in [1.82, 2.24) is 0 Å². The van der Waals surface area contributed by atoms with E-state index in [0.29, 0.717) is 43.1 Å². The van der Waals surface area contributed by atoms with Crippen LogP contribution in [0.3, 0.4) is 0 Å². The van der Waals surface area contributed by atoms with E-state index in [0.717, 1.165) is 22.3 Å². The van der Waals surface area contributed by atoms with Crippen molar-refractivity contribution in [3.8, 4) is 5.75 Å². The molecule has 2 nitrogen and oxygen atoms in total. The van der Waals surface area contributed by atoms with Crippen LogP contribution in [0.2, 0.25) is 5.02 Å². The molecule has 1 aliphatic heterocycles. The van der Waals surface area contributed by atoms with Gasteiger partial charge < -0.3 is 9.47 Å². The lowest BCUT2D eigenvalue weighted by Gasteiger charge is -2.22. The van der Waals surface area contributed by atoms with Crippen LogP contribution in [0.15, 0.2) is 54.1 Å². The minimum Gasteiger partial charge on any atom is -0.483 e. The summed E-state index contributed by atoms with van der Waals surface area (Å²) in [4.78, 5) is 0. The molecule has 0 bridgehead atoms. The fourth-order valence-electron chi connectivity index (χ4n) is 3.17. The fraction of sp³-hybridized carbons (Fsp3) is 0.304. The van der Waals surface area contributed by atoms with Crippen molar-refractivity contribution in [3.05, 3.63) is 81.9 Å². The maximum atomic E-state index is 14.4. The van der Waals surface area contributed by atoms with Gasteiger partial charge in [-0.15, -0.1) is 6.58 Å². The molecule has 0 saturated carbocycles. The zero-order valence-corrected chi connectivity index (χ0v) is 16.6. The van der Waals surface area contributed by atoms with Gasteiger partial charge in [-0.3, -0.25) is 0 Å². The van der Waals surface area contributed by atoms with Gasteiger partial charge in [0.05, 0.1) is 13.2 Å². The molecule has 0 spiro atoms. The lowest BCUT2D eigenvalue weighted by atomic mass is 9.96. The summed E-state index contributed by atoms with van der Waals surface area (Å²) in [5.74, 6) is -1.74. The molecule has 3 rings (SSSR count). The molecule has 0 atom stereocenters. The first-order valence-corrected chi connectivity index (χ1v) is 9.61. The van der Waals surface area contributed by atoms with Crippen molar-refractivity contribution in [2.24, 2.45) is 0 Å². The Kier molecular flexibility index (Phi) is 6.87. The average molecular weight is 405 g/mol. The van der Waals surface area contributed by atoms with E-state index < -0.39 is 11.6 Å². The van der Waals surface area contributed by atoms with Gasteiger partial charge in [0.1, 0.15) is 6.61 Å². The van der Waals surface area contributed by atoms with Crippen LogP contribution < -0.4 is 4.74 Å². The minimum atomic E-state index is -0.693. The summed E-state index contributed by atoms with van der Waals surface area (Å²) in [5.41, 5.74) is 4.52. The number of benzene rings is 2. The highest BCUT2D eigenvalue weighted by Gasteiger charge is 2.18. The van der Waals surface area contributed by atoms with Crippen LogP contribution in [-0.2, 0) is 11.2 Å². The van der Waals surface area contributed by atoms with Crippen molar-refractivity contribution >= 4 is 17.2 Å². The molecule has 0 saturated heterocycles. The first-order chi connectivity index (χ1) is 13.4. The topological polar surface area (TPSA) is 18.5 Å². The van der Waals surface area contributed by atoms with Gasteiger partial charge in [0.25, 0.3) is 0 Å². The van der Waals surface area contributed by atoms with Gasteiger partial charge in [-0.05, 0) is 72.7 Å². The SMILES string of the molecule is C=C(C)CCc1cc(F)c(OCC2=C(c3ccc(Cl)cc3)CCOC2)c(F)c1. The number of hydrogen-bond donors (Lipinski definition) is 0. The lowest BCUT2D eigenvalue weighted by Crippen LogP contribution is -2.17. The molecule has 0 amide bonds. The molecule has 0 radical (unpaired) electrons. The molecule has 0 fully saturated rings. The lowest BCUT2D eigenvalue weighted by molar-refractivity contribution is 0.144. The van der Waals surface area contributed by atoms with Crippen molar-refractivity contribution in [3.63, 3.8) is 0 Å². The van der Waals surface area contributed by atoms with Crippen molar-refractivity contribution in [2.75, 3.05) is 19.8 Å². The Balaban J connectivity index is 1.77. The van der Waals surface area contributed by atoms with Crippen LogP contribution in [0.5, 0.6) is 5.75 Å². The van der Waals surface area contributed by atoms with Crippen molar-refractivity contribution in [2.45, 2.75) is 26.2 Å². The Morgan fingerprint density at radius 1 is 1.18 bits per heavy atom. The molecule has 0 aromatic heterocycles. The van der Waals surface area contributed by atoms with Gasteiger partial charge in [-0.25, -0.2) is 8.78 Å². The Morgan fingerprint density at radius 2 is 1.86 bits per heavy atom. The molecule has 2 aromatic carbocycles. The highest BCUT2D eigenvalue weighted by Crippen LogP contribution is 2.30. The summed E-state index contributed by atoms with van der Waals surface area (Å²) in [5, 5.41) is 0.657. The molecule has 1 aliphatic rings. The van der Waals surface area contributed by atoms with E-state index >= 15 is 0 Å². The molecule has 0 aliphatic carbocycles. The van der Waals surface area contributed by atoms with Crippen LogP contribution in [-0.4, -0.2) is 19.8 Å². The van der Waals surface area contributed by atoms with E-state index in [-0.39, 0.29) is 12.4 Å². The largest absolute Gasteiger partial charge is 0.483 e. The summed E-state index contributed by atoms with van der Waals surface area (Å²) in [6.45, 7) is 6.74. The molecular formula is C23H23ClF2O2. The van der Waals surface area contributed by atoms with Crippen LogP contribution in [0.4, 0.5) is 8.78 Å². The summed E-state index contributed by atoms with van der Waals surface area (Å²) in [6, 6.07) is 10.2. The smallest absolute Gasteiger partial charge is 0.191 e. The molecule has 2 aromatic rings. The van der Waals surface area contributed by atoms with E-state index in [4.69, 9.17) is 21.1 Å². The number of hydrogen-bond acceptors (Lipinski definition) is 2. The number of allylic oxidation sites excluding steroid dienone is 1. The van der Waals surface area contributed by atoms with Gasteiger partial charge in [0, 0.05) is 5.02 Å². The monoisotopic (exact) mass is 404 g/mol. The normalized spacial score (nSPS) is 14.3. The maximum Gasteiger partial charge on any atom is 0.191 e. The standard InChI is InChI=1S/C23H23ClF2O2/c1-15(2)3-4-16-11-21(25)23(22(26)12-16)28-14-18-13-27-10-9-20(18)17-5-7-19(24)8-6-17/h5-8,11-12H,1,3-4,9-10,13-14H2,2H3. The third-order valence-corrected chi connectivity index (χ3v) is 4.93. The summed E-state index contributed by atoms with van der Waals surface area (Å²) in [6.07, 6.45) is 1.95. The van der Waals surface area contributed by atoms with Gasteiger partial charge in [-0.1, -0.05) is 29.3 Å². The number of rotatable bonds is 7. The first-order valence-electron chi connectivity index (χ1n) is 9.23. The van der Waals surface area contributed by atoms with Crippen LogP contribution in [0.1, 0.15) is 30.9 Å². The molecule has 0 unspecified atom stereocenters. The molecule has 28 heavy (non-hydrogen) atoms. The van der Waals surface area contributed by atoms with Gasteiger partial charge in [0.15, 0.2) is 17.4 Å². The van der Waals surface area contributed by atoms with Gasteiger partial charge in [0.2, 0.25) is 0 Å². The number of halogens is 3. The van der Waals surface area contributed by atoms with Gasteiger partial charge >= 0.3 is 0 Å². The Labute approximate surface area is 169 Å². The Hall–Kier alpha value is -2.17. The molecule has 1 heterocycles. The number of ether oxygens (including phenoxy) is 2. The van der Waals surface area contributed by atoms with Crippen LogP contribution in [0.25, 0.3) is 5.57 Å². The number of aryl methyl sites for hydroxylation is 1. The van der Waals surface area contributed by atoms with E-state index in [1.165, 1.54) is 12.1 Å². The zero-order valence-electron chi connectivity index (χ0n) is 15.9. The minimum absolute atomic E-state index is 0.0664. The predicted octanol–water partition coefficient (Wildman–Crippen LogP) is 6.38. The predicted molar refractivity (Wildman–Crippen MR) is 109 cm³/mol. The van der Waals surface area contributed by atoms with E-state index in [1.807, 2.05) is 31.2 Å².